The zero-order valence-corrected chi connectivity index (χ0v) is 11.9. The quantitative estimate of drug-likeness (QED) is 0.754. The smallest absolute Gasteiger partial charge is 0.223 e. The zero-order valence-electron chi connectivity index (χ0n) is 11.0. The van der Waals surface area contributed by atoms with Crippen LogP contribution in [-0.2, 0) is 4.79 Å². The summed E-state index contributed by atoms with van der Waals surface area (Å²) in [5.41, 5.74) is 5.61. The molecule has 0 aliphatic rings. The predicted molar refractivity (Wildman–Crippen MR) is 72.3 cm³/mol. The Labute approximate surface area is 104 Å². The Bertz CT molecular complexity index is 258. The summed E-state index contributed by atoms with van der Waals surface area (Å²) in [7, 11) is 0. The Morgan fingerprint density at radius 3 is 2.25 bits per heavy atom. The first kappa shape index (κ1) is 15.4. The first-order valence-electron chi connectivity index (χ1n) is 5.74. The lowest BCUT2D eigenvalue weighted by molar-refractivity contribution is -0.132. The summed E-state index contributed by atoms with van der Waals surface area (Å²) >= 11 is 4.83. The van der Waals surface area contributed by atoms with Gasteiger partial charge in [0.25, 0.3) is 0 Å². The molecule has 0 aliphatic carbocycles. The lowest BCUT2D eigenvalue weighted by Gasteiger charge is -2.29. The molecule has 0 aromatic rings. The van der Waals surface area contributed by atoms with Crippen LogP contribution in [0.3, 0.4) is 0 Å². The zero-order chi connectivity index (χ0) is 12.9. The van der Waals surface area contributed by atoms with E-state index in [-0.39, 0.29) is 11.3 Å². The van der Waals surface area contributed by atoms with Gasteiger partial charge >= 0.3 is 0 Å². The molecule has 0 bridgehead atoms. The van der Waals surface area contributed by atoms with Gasteiger partial charge in [-0.25, -0.2) is 0 Å². The third kappa shape index (κ3) is 5.45. The van der Waals surface area contributed by atoms with E-state index < -0.39 is 0 Å². The molecule has 0 rings (SSSR count). The van der Waals surface area contributed by atoms with Crippen LogP contribution >= 0.6 is 12.2 Å². The van der Waals surface area contributed by atoms with Crippen LogP contribution < -0.4 is 5.73 Å². The van der Waals surface area contributed by atoms with Gasteiger partial charge in [0.15, 0.2) is 0 Å². The van der Waals surface area contributed by atoms with Gasteiger partial charge in [-0.3, -0.25) is 4.79 Å². The normalized spacial score (nSPS) is 13.3. The highest BCUT2D eigenvalue weighted by Crippen LogP contribution is 2.28. The number of nitrogens with zero attached hydrogens (tertiary/aromatic N) is 1. The second-order valence-corrected chi connectivity index (χ2v) is 5.87. The van der Waals surface area contributed by atoms with Crippen molar-refractivity contribution in [1.82, 2.24) is 4.90 Å². The molecule has 4 heteroatoms. The molecule has 0 spiro atoms. The second-order valence-electron chi connectivity index (χ2n) is 5.35. The third-order valence-electron chi connectivity index (χ3n) is 3.04. The van der Waals surface area contributed by atoms with E-state index in [9.17, 15) is 4.79 Å². The monoisotopic (exact) mass is 244 g/mol. The molecule has 0 radical (unpaired) electrons. The molecular weight excluding hydrogens is 220 g/mol. The van der Waals surface area contributed by atoms with Gasteiger partial charge in [0.1, 0.15) is 0 Å². The van der Waals surface area contributed by atoms with Gasteiger partial charge in [-0.15, -0.1) is 0 Å². The van der Waals surface area contributed by atoms with E-state index >= 15 is 0 Å². The minimum absolute atomic E-state index is 0.137. The van der Waals surface area contributed by atoms with Crippen molar-refractivity contribution in [3.8, 4) is 0 Å². The standard InChI is InChI=1S/C12H24N2OS/c1-6-14(8-10(13)16)11(15)7-9(2)12(3,4)5/h9H,6-8H2,1-5H3,(H2,13,16). The van der Waals surface area contributed by atoms with E-state index in [0.29, 0.717) is 30.4 Å². The molecule has 3 nitrogen and oxygen atoms in total. The van der Waals surface area contributed by atoms with Gasteiger partial charge in [-0.05, 0) is 18.3 Å². The Kier molecular flexibility index (Phi) is 5.94. The fourth-order valence-electron chi connectivity index (χ4n) is 1.26. The molecule has 0 aromatic carbocycles. The topological polar surface area (TPSA) is 46.3 Å². The van der Waals surface area contributed by atoms with Crippen LogP contribution in [0.25, 0.3) is 0 Å². The van der Waals surface area contributed by atoms with Crippen molar-refractivity contribution >= 4 is 23.1 Å². The summed E-state index contributed by atoms with van der Waals surface area (Å²) in [6, 6.07) is 0. The van der Waals surface area contributed by atoms with E-state index in [1.165, 1.54) is 0 Å². The van der Waals surface area contributed by atoms with Gasteiger partial charge in [-0.2, -0.15) is 0 Å². The number of carbonyl (C=O) groups is 1. The molecule has 2 N–H and O–H groups in total. The Morgan fingerprint density at radius 1 is 1.44 bits per heavy atom. The number of nitrogens with two attached hydrogens (primary N) is 1. The number of carbonyl (C=O) groups excluding carboxylic acids is 1. The molecule has 1 amide bonds. The fourth-order valence-corrected chi connectivity index (χ4v) is 1.42. The number of rotatable bonds is 5. The number of hydrogen-bond acceptors (Lipinski definition) is 2. The molecule has 0 aromatic heterocycles. The van der Waals surface area contributed by atoms with Crippen LogP contribution in [-0.4, -0.2) is 28.9 Å². The second kappa shape index (κ2) is 6.18. The first-order valence-corrected chi connectivity index (χ1v) is 6.15. The largest absolute Gasteiger partial charge is 0.392 e. The van der Waals surface area contributed by atoms with Crippen LogP contribution in [0.15, 0.2) is 0 Å². The van der Waals surface area contributed by atoms with E-state index in [4.69, 9.17) is 18.0 Å². The van der Waals surface area contributed by atoms with Crippen LogP contribution in [0.4, 0.5) is 0 Å². The fraction of sp³-hybridized carbons (Fsp3) is 0.833. The van der Waals surface area contributed by atoms with Crippen molar-refractivity contribution in [2.75, 3.05) is 13.1 Å². The average Bonchev–Trinajstić information content (AvgIpc) is 2.11. The number of likely N-dealkylation sites (N-methyl/N-ethyl adjacent to an activating group) is 1. The number of thiocarbonyl (C=S) groups is 1. The minimum Gasteiger partial charge on any atom is -0.392 e. The van der Waals surface area contributed by atoms with Crippen molar-refractivity contribution in [2.45, 2.75) is 41.0 Å². The van der Waals surface area contributed by atoms with Gasteiger partial charge in [-0.1, -0.05) is 39.9 Å². The van der Waals surface area contributed by atoms with Crippen molar-refractivity contribution < 1.29 is 4.79 Å². The molecular formula is C12H24N2OS. The van der Waals surface area contributed by atoms with E-state index in [0.717, 1.165) is 0 Å². The number of amides is 1. The van der Waals surface area contributed by atoms with Crippen molar-refractivity contribution in [3.63, 3.8) is 0 Å². The molecule has 1 atom stereocenters. The molecule has 0 aliphatic heterocycles. The van der Waals surface area contributed by atoms with Crippen LogP contribution in [0.1, 0.15) is 41.0 Å². The highest BCUT2D eigenvalue weighted by Gasteiger charge is 2.24. The SMILES string of the molecule is CCN(CC(N)=S)C(=O)CC(C)C(C)(C)C. The minimum atomic E-state index is 0.137. The van der Waals surface area contributed by atoms with Gasteiger partial charge < -0.3 is 10.6 Å². The Morgan fingerprint density at radius 2 is 1.94 bits per heavy atom. The lowest BCUT2D eigenvalue weighted by atomic mass is 9.80. The Hall–Kier alpha value is -0.640. The van der Waals surface area contributed by atoms with Gasteiger partial charge in [0.2, 0.25) is 5.91 Å². The first-order chi connectivity index (χ1) is 7.18. The van der Waals surface area contributed by atoms with Crippen molar-refractivity contribution in [2.24, 2.45) is 17.1 Å². The molecule has 94 valence electrons. The molecule has 1 unspecified atom stereocenters. The van der Waals surface area contributed by atoms with E-state index in [1.54, 1.807) is 4.90 Å². The average molecular weight is 244 g/mol. The third-order valence-corrected chi connectivity index (χ3v) is 3.17. The van der Waals surface area contributed by atoms with Gasteiger partial charge in [0, 0.05) is 13.0 Å². The number of hydrogen-bond donors (Lipinski definition) is 1. The van der Waals surface area contributed by atoms with E-state index in [2.05, 4.69) is 27.7 Å². The molecule has 0 saturated heterocycles. The maximum Gasteiger partial charge on any atom is 0.223 e. The van der Waals surface area contributed by atoms with E-state index in [1.807, 2.05) is 6.92 Å². The summed E-state index contributed by atoms with van der Waals surface area (Å²) in [4.78, 5) is 14.1. The highest BCUT2D eigenvalue weighted by molar-refractivity contribution is 7.80. The molecule has 0 fully saturated rings. The van der Waals surface area contributed by atoms with Crippen LogP contribution in [0, 0.1) is 11.3 Å². The maximum absolute atomic E-state index is 12.0. The van der Waals surface area contributed by atoms with Crippen LogP contribution in [0.5, 0.6) is 0 Å². The van der Waals surface area contributed by atoms with Crippen molar-refractivity contribution in [3.05, 3.63) is 0 Å². The van der Waals surface area contributed by atoms with Crippen molar-refractivity contribution in [1.29, 1.82) is 0 Å². The molecule has 0 heterocycles. The maximum atomic E-state index is 12.0. The Balaban J connectivity index is 4.37. The predicted octanol–water partition coefficient (Wildman–Crippen LogP) is 2.19. The highest BCUT2D eigenvalue weighted by atomic mass is 32.1. The summed E-state index contributed by atoms with van der Waals surface area (Å²) in [5.74, 6) is 0.484. The summed E-state index contributed by atoms with van der Waals surface area (Å²) in [6.07, 6.45) is 0.556. The summed E-state index contributed by atoms with van der Waals surface area (Å²) < 4.78 is 0. The molecule has 16 heavy (non-hydrogen) atoms. The van der Waals surface area contributed by atoms with Gasteiger partial charge in [0.05, 0.1) is 11.5 Å². The van der Waals surface area contributed by atoms with Crippen LogP contribution in [0.2, 0.25) is 0 Å². The lowest BCUT2D eigenvalue weighted by Crippen LogP contribution is -2.39. The molecule has 0 saturated carbocycles. The summed E-state index contributed by atoms with van der Waals surface area (Å²) in [5, 5.41) is 0. The summed E-state index contributed by atoms with van der Waals surface area (Å²) in [6.45, 7) is 11.5.